The predicted octanol–water partition coefficient (Wildman–Crippen LogP) is 2.26. The number of amides is 1. The average Bonchev–Trinajstić information content (AvgIpc) is 2.61. The molecule has 0 radical (unpaired) electrons. The number of carbonyl (C=O) groups is 1. The Bertz CT molecular complexity index is 1000. The predicted molar refractivity (Wildman–Crippen MR) is 97.8 cm³/mol. The van der Waals surface area contributed by atoms with Crippen LogP contribution >= 0.6 is 11.6 Å². The maximum atomic E-state index is 12.7. The summed E-state index contributed by atoms with van der Waals surface area (Å²) in [5, 5.41) is 12.1. The first-order chi connectivity index (χ1) is 12.5. The van der Waals surface area contributed by atoms with Gasteiger partial charge in [-0.3, -0.25) is 9.59 Å². The number of carbonyl (C=O) groups excluding carboxylic acids is 1. The van der Waals surface area contributed by atoms with Crippen LogP contribution in [0.3, 0.4) is 0 Å². The summed E-state index contributed by atoms with van der Waals surface area (Å²) in [6.45, 7) is 2.59. The van der Waals surface area contributed by atoms with Crippen molar-refractivity contribution in [2.24, 2.45) is 0 Å². The third kappa shape index (κ3) is 3.83. The minimum absolute atomic E-state index is 0.149. The van der Waals surface area contributed by atoms with Gasteiger partial charge in [0.2, 0.25) is 0 Å². The standard InChI is InChI=1S/C18H17ClN4O3/c1-2-7-22(18(25)12-5-8-23(26)9-6-12)11-16-20-15-10-13(19)3-4-14(15)17(24)21-16/h3-6,8-10H,2,7,11H2,1H3,(H,20,21,24). The van der Waals surface area contributed by atoms with Crippen LogP contribution in [0.2, 0.25) is 5.02 Å². The highest BCUT2D eigenvalue weighted by Crippen LogP contribution is 2.15. The van der Waals surface area contributed by atoms with Gasteiger partial charge in [-0.15, -0.1) is 0 Å². The van der Waals surface area contributed by atoms with E-state index in [1.807, 2.05) is 6.92 Å². The third-order valence-corrected chi connectivity index (χ3v) is 4.12. The zero-order chi connectivity index (χ0) is 18.7. The van der Waals surface area contributed by atoms with E-state index >= 15 is 0 Å². The average molecular weight is 373 g/mol. The Morgan fingerprint density at radius 3 is 2.73 bits per heavy atom. The minimum atomic E-state index is -0.280. The number of rotatable bonds is 5. The Hall–Kier alpha value is -2.93. The van der Waals surface area contributed by atoms with E-state index in [-0.39, 0.29) is 18.0 Å². The number of aromatic amines is 1. The third-order valence-electron chi connectivity index (χ3n) is 3.89. The Labute approximate surface area is 154 Å². The molecule has 8 heteroatoms. The van der Waals surface area contributed by atoms with Gasteiger partial charge in [-0.2, -0.15) is 4.73 Å². The number of nitrogens with one attached hydrogen (secondary N) is 1. The van der Waals surface area contributed by atoms with Crippen LogP contribution in [-0.4, -0.2) is 27.3 Å². The number of hydrogen-bond donors (Lipinski definition) is 1. The number of halogens is 1. The van der Waals surface area contributed by atoms with Crippen LogP contribution in [0, 0.1) is 5.21 Å². The monoisotopic (exact) mass is 372 g/mol. The summed E-state index contributed by atoms with van der Waals surface area (Å²) in [5.41, 5.74) is 0.599. The zero-order valence-electron chi connectivity index (χ0n) is 14.1. The SMILES string of the molecule is CCCN(Cc1nc2cc(Cl)ccc2c(=O)[nH]1)C(=O)c1cc[n+]([O-])cc1. The highest BCUT2D eigenvalue weighted by molar-refractivity contribution is 6.31. The summed E-state index contributed by atoms with van der Waals surface area (Å²) >= 11 is 5.98. The van der Waals surface area contributed by atoms with Gasteiger partial charge >= 0.3 is 0 Å². The Balaban J connectivity index is 1.92. The van der Waals surface area contributed by atoms with Crippen LogP contribution in [-0.2, 0) is 6.54 Å². The highest BCUT2D eigenvalue weighted by atomic mass is 35.5. The molecule has 26 heavy (non-hydrogen) atoms. The summed E-state index contributed by atoms with van der Waals surface area (Å²) < 4.78 is 0.618. The number of fused-ring (bicyclic) bond motifs is 1. The second kappa shape index (κ2) is 7.53. The van der Waals surface area contributed by atoms with Gasteiger partial charge in [0.05, 0.1) is 23.0 Å². The summed E-state index contributed by atoms with van der Waals surface area (Å²) in [4.78, 5) is 33.7. The Kier molecular flexibility index (Phi) is 5.18. The van der Waals surface area contributed by atoms with E-state index in [1.54, 1.807) is 23.1 Å². The summed E-state index contributed by atoms with van der Waals surface area (Å²) in [6, 6.07) is 7.80. The molecule has 3 aromatic rings. The lowest BCUT2D eigenvalue weighted by atomic mass is 10.2. The van der Waals surface area contributed by atoms with Gasteiger partial charge in [0.1, 0.15) is 5.82 Å². The van der Waals surface area contributed by atoms with Crippen molar-refractivity contribution in [3.63, 3.8) is 0 Å². The summed E-state index contributed by atoms with van der Waals surface area (Å²) in [6.07, 6.45) is 3.29. The van der Waals surface area contributed by atoms with E-state index in [9.17, 15) is 14.8 Å². The lowest BCUT2D eigenvalue weighted by Gasteiger charge is -2.21. The van der Waals surface area contributed by atoms with Gasteiger partial charge in [-0.05, 0) is 24.6 Å². The molecule has 2 aromatic heterocycles. The normalized spacial score (nSPS) is 10.8. The zero-order valence-corrected chi connectivity index (χ0v) is 14.9. The van der Waals surface area contributed by atoms with Crippen molar-refractivity contribution in [3.05, 3.63) is 74.7 Å². The molecule has 3 rings (SSSR count). The molecule has 0 aliphatic carbocycles. The topological polar surface area (TPSA) is 93.0 Å². The van der Waals surface area contributed by atoms with E-state index in [2.05, 4.69) is 9.97 Å². The molecule has 134 valence electrons. The molecule has 2 heterocycles. The van der Waals surface area contributed by atoms with Gasteiger partial charge in [-0.1, -0.05) is 18.5 Å². The lowest BCUT2D eigenvalue weighted by molar-refractivity contribution is -0.605. The van der Waals surface area contributed by atoms with Crippen LogP contribution in [0.25, 0.3) is 10.9 Å². The number of H-pyrrole nitrogens is 1. The van der Waals surface area contributed by atoms with E-state index in [1.165, 1.54) is 24.5 Å². The number of benzene rings is 1. The van der Waals surface area contributed by atoms with Crippen molar-refractivity contribution in [1.82, 2.24) is 14.9 Å². The van der Waals surface area contributed by atoms with E-state index in [0.29, 0.717) is 38.6 Å². The van der Waals surface area contributed by atoms with Gasteiger partial charge in [-0.25, -0.2) is 4.98 Å². The van der Waals surface area contributed by atoms with Crippen LogP contribution in [0.1, 0.15) is 29.5 Å². The highest BCUT2D eigenvalue weighted by Gasteiger charge is 2.18. The first kappa shape index (κ1) is 17.9. The largest absolute Gasteiger partial charge is 0.619 e. The van der Waals surface area contributed by atoms with Gasteiger partial charge in [0.15, 0.2) is 12.4 Å². The molecular formula is C18H17ClN4O3. The molecule has 0 saturated carbocycles. The van der Waals surface area contributed by atoms with Crippen LogP contribution < -0.4 is 10.3 Å². The molecule has 0 atom stereocenters. The van der Waals surface area contributed by atoms with Gasteiger partial charge < -0.3 is 15.1 Å². The molecule has 7 nitrogen and oxygen atoms in total. The molecule has 0 aliphatic heterocycles. The number of pyridine rings is 1. The van der Waals surface area contributed by atoms with Crippen molar-refractivity contribution in [2.45, 2.75) is 19.9 Å². The lowest BCUT2D eigenvalue weighted by Crippen LogP contribution is -2.33. The van der Waals surface area contributed by atoms with Crippen LogP contribution in [0.4, 0.5) is 0 Å². The van der Waals surface area contributed by atoms with Crippen LogP contribution in [0.5, 0.6) is 0 Å². The summed E-state index contributed by atoms with van der Waals surface area (Å²) in [7, 11) is 0. The first-order valence-corrected chi connectivity index (χ1v) is 8.52. The van der Waals surface area contributed by atoms with Gasteiger partial charge in [0.25, 0.3) is 11.5 Å². The van der Waals surface area contributed by atoms with Crippen molar-refractivity contribution < 1.29 is 9.52 Å². The van der Waals surface area contributed by atoms with Crippen molar-refractivity contribution in [3.8, 4) is 0 Å². The Morgan fingerprint density at radius 1 is 1.31 bits per heavy atom. The molecule has 0 fully saturated rings. The number of hydrogen-bond acceptors (Lipinski definition) is 4. The molecule has 0 unspecified atom stereocenters. The van der Waals surface area contributed by atoms with Crippen molar-refractivity contribution >= 4 is 28.4 Å². The van der Waals surface area contributed by atoms with Gasteiger partial charge in [0, 0.05) is 23.7 Å². The van der Waals surface area contributed by atoms with Crippen molar-refractivity contribution in [2.75, 3.05) is 6.54 Å². The number of aromatic nitrogens is 3. The number of nitrogens with zero attached hydrogens (tertiary/aromatic N) is 3. The molecule has 1 aromatic carbocycles. The fraction of sp³-hybridized carbons (Fsp3) is 0.222. The molecular weight excluding hydrogens is 356 g/mol. The molecule has 0 spiro atoms. The van der Waals surface area contributed by atoms with E-state index in [0.717, 1.165) is 6.42 Å². The fourth-order valence-electron chi connectivity index (χ4n) is 2.68. The Morgan fingerprint density at radius 2 is 2.04 bits per heavy atom. The summed E-state index contributed by atoms with van der Waals surface area (Å²) in [5.74, 6) is 0.141. The van der Waals surface area contributed by atoms with Crippen molar-refractivity contribution in [1.29, 1.82) is 0 Å². The molecule has 1 amide bonds. The molecule has 0 saturated heterocycles. The second-order valence-electron chi connectivity index (χ2n) is 5.85. The maximum absolute atomic E-state index is 12.7. The van der Waals surface area contributed by atoms with E-state index < -0.39 is 0 Å². The van der Waals surface area contributed by atoms with Crippen LogP contribution in [0.15, 0.2) is 47.5 Å². The molecule has 0 aliphatic rings. The quantitative estimate of drug-likeness (QED) is 0.549. The fourth-order valence-corrected chi connectivity index (χ4v) is 2.84. The van der Waals surface area contributed by atoms with E-state index in [4.69, 9.17) is 11.6 Å². The molecule has 0 bridgehead atoms. The second-order valence-corrected chi connectivity index (χ2v) is 6.28. The maximum Gasteiger partial charge on any atom is 0.258 e. The molecule has 1 N–H and O–H groups in total. The minimum Gasteiger partial charge on any atom is -0.619 e. The smallest absolute Gasteiger partial charge is 0.258 e. The first-order valence-electron chi connectivity index (χ1n) is 8.14.